The molecule has 0 bridgehead atoms. The third-order valence-corrected chi connectivity index (χ3v) is 5.88. The minimum Gasteiger partial charge on any atom is -0.381 e. The second-order valence-electron chi connectivity index (χ2n) is 5.69. The van der Waals surface area contributed by atoms with Gasteiger partial charge in [-0.3, -0.25) is 4.79 Å². The average Bonchev–Trinajstić information content (AvgIpc) is 2.61. The van der Waals surface area contributed by atoms with Crippen LogP contribution in [0.3, 0.4) is 0 Å². The number of hydrogen-bond acceptors (Lipinski definition) is 4. The summed E-state index contributed by atoms with van der Waals surface area (Å²) < 4.78 is 31.9. The second kappa shape index (κ2) is 11.2. The summed E-state index contributed by atoms with van der Waals surface area (Å²) in [6.45, 7) is 8.34. The lowest BCUT2D eigenvalue weighted by molar-refractivity contribution is 0.0940. The van der Waals surface area contributed by atoms with Gasteiger partial charge in [0.1, 0.15) is 0 Å². The molecule has 0 aliphatic rings. The number of nitrogens with zero attached hydrogens (tertiary/aromatic N) is 1. The number of hydrogen-bond donors (Lipinski definition) is 1. The van der Waals surface area contributed by atoms with Gasteiger partial charge in [-0.1, -0.05) is 33.3 Å². The Labute approximate surface area is 151 Å². The van der Waals surface area contributed by atoms with Gasteiger partial charge >= 0.3 is 0 Å². The Morgan fingerprint density at radius 3 is 2.44 bits per heavy atom. The summed E-state index contributed by atoms with van der Waals surface area (Å²) in [4.78, 5) is 12.4. The maximum atomic E-state index is 12.5. The number of amides is 1. The molecule has 0 fully saturated rings. The fourth-order valence-corrected chi connectivity index (χ4v) is 3.84. The normalized spacial score (nSPS) is 11.7. The minimum absolute atomic E-state index is 0.145. The molecule has 0 unspecified atom stereocenters. The van der Waals surface area contributed by atoms with Crippen LogP contribution in [0.4, 0.5) is 0 Å². The van der Waals surface area contributed by atoms with Crippen molar-refractivity contribution in [2.24, 2.45) is 0 Å². The number of carbonyl (C=O) groups excluding carboxylic acids is 1. The first-order valence-electron chi connectivity index (χ1n) is 8.93. The van der Waals surface area contributed by atoms with Crippen molar-refractivity contribution in [2.45, 2.75) is 44.9 Å². The first-order chi connectivity index (χ1) is 12.0. The molecule has 6 nitrogen and oxygen atoms in total. The second-order valence-corrected chi connectivity index (χ2v) is 7.63. The van der Waals surface area contributed by atoms with Crippen LogP contribution in [0.5, 0.6) is 0 Å². The number of rotatable bonds is 12. The molecule has 0 aromatic heterocycles. The van der Waals surface area contributed by atoms with Gasteiger partial charge in [0.15, 0.2) is 0 Å². The lowest BCUT2D eigenvalue weighted by atomic mass is 10.2. The van der Waals surface area contributed by atoms with Crippen molar-refractivity contribution in [3.8, 4) is 0 Å². The van der Waals surface area contributed by atoms with Crippen molar-refractivity contribution in [3.63, 3.8) is 0 Å². The van der Waals surface area contributed by atoms with E-state index in [2.05, 4.69) is 12.2 Å². The maximum absolute atomic E-state index is 12.5. The van der Waals surface area contributed by atoms with Gasteiger partial charge in [-0.05, 0) is 31.0 Å². The molecule has 0 saturated carbocycles. The Hall–Kier alpha value is -1.44. The zero-order valence-electron chi connectivity index (χ0n) is 15.5. The van der Waals surface area contributed by atoms with E-state index >= 15 is 0 Å². The van der Waals surface area contributed by atoms with E-state index in [-0.39, 0.29) is 10.8 Å². The topological polar surface area (TPSA) is 75.7 Å². The molecule has 0 aliphatic heterocycles. The molecule has 1 amide bonds. The van der Waals surface area contributed by atoms with Gasteiger partial charge < -0.3 is 10.1 Å². The van der Waals surface area contributed by atoms with Crippen LogP contribution < -0.4 is 5.32 Å². The first-order valence-corrected chi connectivity index (χ1v) is 10.4. The van der Waals surface area contributed by atoms with E-state index in [1.807, 2.05) is 0 Å². The minimum atomic E-state index is -3.56. The Morgan fingerprint density at radius 2 is 1.80 bits per heavy atom. The molecule has 1 aromatic carbocycles. The van der Waals surface area contributed by atoms with E-state index in [1.54, 1.807) is 26.0 Å². The summed E-state index contributed by atoms with van der Waals surface area (Å²) in [7, 11) is -3.56. The van der Waals surface area contributed by atoms with Crippen LogP contribution in [0.25, 0.3) is 0 Å². The maximum Gasteiger partial charge on any atom is 0.251 e. The largest absolute Gasteiger partial charge is 0.381 e. The van der Waals surface area contributed by atoms with Gasteiger partial charge in [0, 0.05) is 38.4 Å². The van der Waals surface area contributed by atoms with Crippen molar-refractivity contribution >= 4 is 15.9 Å². The Kier molecular flexibility index (Phi) is 9.70. The van der Waals surface area contributed by atoms with Gasteiger partial charge in [0.2, 0.25) is 10.0 Å². The van der Waals surface area contributed by atoms with Crippen molar-refractivity contribution in [3.05, 3.63) is 29.8 Å². The monoisotopic (exact) mass is 370 g/mol. The summed E-state index contributed by atoms with van der Waals surface area (Å²) >= 11 is 0. The smallest absolute Gasteiger partial charge is 0.251 e. The summed E-state index contributed by atoms with van der Waals surface area (Å²) in [6.07, 6.45) is 2.87. The quantitative estimate of drug-likeness (QED) is 0.574. The van der Waals surface area contributed by atoms with E-state index in [1.165, 1.54) is 16.4 Å². The molecule has 1 N–H and O–H groups in total. The summed E-state index contributed by atoms with van der Waals surface area (Å²) in [6, 6.07) is 6.17. The van der Waals surface area contributed by atoms with Crippen LogP contribution in [-0.2, 0) is 14.8 Å². The lowest BCUT2D eigenvalue weighted by Crippen LogP contribution is -2.31. The number of unbranched alkanes of at least 4 members (excludes halogenated alkanes) is 1. The number of carbonyl (C=O) groups is 1. The van der Waals surface area contributed by atoms with Crippen LogP contribution in [-0.4, -0.2) is 51.5 Å². The van der Waals surface area contributed by atoms with Gasteiger partial charge in [-0.15, -0.1) is 0 Å². The van der Waals surface area contributed by atoms with E-state index in [4.69, 9.17) is 4.74 Å². The Bertz CT molecular complexity index is 628. The standard InChI is InChI=1S/C18H30N2O4S/c1-4-7-13-24-14-9-12-19-18(21)16-10-8-11-17(15-16)25(22,23)20(5-2)6-3/h8,10-11,15H,4-7,9,12-14H2,1-3H3,(H,19,21). The highest BCUT2D eigenvalue weighted by Crippen LogP contribution is 2.17. The predicted molar refractivity (Wildman–Crippen MR) is 99.2 cm³/mol. The molecular weight excluding hydrogens is 340 g/mol. The lowest BCUT2D eigenvalue weighted by Gasteiger charge is -2.18. The predicted octanol–water partition coefficient (Wildman–Crippen LogP) is 2.65. The molecule has 0 radical (unpaired) electrons. The van der Waals surface area contributed by atoms with Crippen molar-refractivity contribution in [1.82, 2.24) is 9.62 Å². The average molecular weight is 371 g/mol. The van der Waals surface area contributed by atoms with Gasteiger partial charge in [-0.2, -0.15) is 4.31 Å². The fraction of sp³-hybridized carbons (Fsp3) is 0.611. The Balaban J connectivity index is 2.61. The third kappa shape index (κ3) is 6.76. The molecule has 1 rings (SSSR count). The number of benzene rings is 1. The van der Waals surface area contributed by atoms with E-state index in [0.717, 1.165) is 25.9 Å². The van der Waals surface area contributed by atoms with Crippen LogP contribution >= 0.6 is 0 Å². The molecule has 7 heteroatoms. The molecule has 0 saturated heterocycles. The molecule has 25 heavy (non-hydrogen) atoms. The van der Waals surface area contributed by atoms with Crippen LogP contribution in [0.15, 0.2) is 29.2 Å². The molecule has 142 valence electrons. The Morgan fingerprint density at radius 1 is 1.12 bits per heavy atom. The molecule has 0 atom stereocenters. The SMILES string of the molecule is CCCCOCCCNC(=O)c1cccc(S(=O)(=O)N(CC)CC)c1. The molecular formula is C18H30N2O4S. The number of sulfonamides is 1. The zero-order chi connectivity index (χ0) is 18.7. The fourth-order valence-electron chi connectivity index (χ4n) is 2.34. The van der Waals surface area contributed by atoms with Crippen molar-refractivity contribution < 1.29 is 17.9 Å². The number of ether oxygens (including phenoxy) is 1. The molecule has 0 aliphatic carbocycles. The molecule has 0 spiro atoms. The molecule has 0 heterocycles. The number of nitrogens with one attached hydrogen (secondary N) is 1. The first kappa shape index (κ1) is 21.6. The van der Waals surface area contributed by atoms with Gasteiger partial charge in [0.05, 0.1) is 4.90 Å². The van der Waals surface area contributed by atoms with Crippen molar-refractivity contribution in [2.75, 3.05) is 32.8 Å². The van der Waals surface area contributed by atoms with Crippen LogP contribution in [0.2, 0.25) is 0 Å². The highest BCUT2D eigenvalue weighted by Gasteiger charge is 2.22. The van der Waals surface area contributed by atoms with Crippen molar-refractivity contribution in [1.29, 1.82) is 0 Å². The summed E-state index contributed by atoms with van der Waals surface area (Å²) in [5.74, 6) is -0.273. The summed E-state index contributed by atoms with van der Waals surface area (Å²) in [5.41, 5.74) is 0.347. The highest BCUT2D eigenvalue weighted by molar-refractivity contribution is 7.89. The zero-order valence-corrected chi connectivity index (χ0v) is 16.3. The van der Waals surface area contributed by atoms with Crippen LogP contribution in [0, 0.1) is 0 Å². The third-order valence-electron chi connectivity index (χ3n) is 3.83. The summed E-state index contributed by atoms with van der Waals surface area (Å²) in [5, 5.41) is 2.80. The highest BCUT2D eigenvalue weighted by atomic mass is 32.2. The van der Waals surface area contributed by atoms with E-state index in [0.29, 0.717) is 31.8 Å². The molecule has 1 aromatic rings. The van der Waals surface area contributed by atoms with Gasteiger partial charge in [0.25, 0.3) is 5.91 Å². The van der Waals surface area contributed by atoms with Crippen LogP contribution in [0.1, 0.15) is 50.4 Å². The van der Waals surface area contributed by atoms with E-state index in [9.17, 15) is 13.2 Å². The van der Waals surface area contributed by atoms with Gasteiger partial charge in [-0.25, -0.2) is 8.42 Å². The van der Waals surface area contributed by atoms with E-state index < -0.39 is 10.0 Å².